The summed E-state index contributed by atoms with van der Waals surface area (Å²) in [5, 5.41) is 2.29. The average molecular weight is 313 g/mol. The Morgan fingerprint density at radius 2 is 1.86 bits per heavy atom. The minimum atomic E-state index is 0.383. The second-order valence-corrected chi connectivity index (χ2v) is 8.76. The fraction of sp³-hybridized carbons (Fsp3) is 0.524. The molecule has 1 fully saturated rings. The summed E-state index contributed by atoms with van der Waals surface area (Å²) in [7, 11) is 0. The van der Waals surface area contributed by atoms with E-state index in [2.05, 4.69) is 68.7 Å². The zero-order valence-electron chi connectivity index (χ0n) is 14.1. The van der Waals surface area contributed by atoms with Gasteiger partial charge in [-0.3, -0.25) is 0 Å². The average Bonchev–Trinajstić information content (AvgIpc) is 2.49. The Balaban J connectivity index is 1.77. The van der Waals surface area contributed by atoms with Crippen molar-refractivity contribution >= 4 is 11.8 Å². The molecule has 0 saturated heterocycles. The molecule has 1 heteroatoms. The fourth-order valence-corrected chi connectivity index (χ4v) is 5.45. The van der Waals surface area contributed by atoms with Crippen LogP contribution in [0.1, 0.15) is 52.9 Å². The van der Waals surface area contributed by atoms with E-state index >= 15 is 0 Å². The molecule has 0 heterocycles. The molecule has 1 saturated carbocycles. The monoisotopic (exact) mass is 312 g/mol. The molecule has 22 heavy (non-hydrogen) atoms. The summed E-state index contributed by atoms with van der Waals surface area (Å²) >= 11 is 1.83. The van der Waals surface area contributed by atoms with Crippen LogP contribution in [0.15, 0.2) is 58.4 Å². The molecule has 0 nitrogen and oxygen atoms in total. The van der Waals surface area contributed by atoms with E-state index in [1.807, 2.05) is 11.8 Å². The van der Waals surface area contributed by atoms with Crippen molar-refractivity contribution in [2.24, 2.45) is 16.7 Å². The van der Waals surface area contributed by atoms with E-state index in [0.29, 0.717) is 10.8 Å². The van der Waals surface area contributed by atoms with Crippen LogP contribution in [0.5, 0.6) is 0 Å². The van der Waals surface area contributed by atoms with Crippen LogP contribution in [0.4, 0.5) is 0 Å². The van der Waals surface area contributed by atoms with Crippen molar-refractivity contribution in [3.8, 4) is 0 Å². The molecule has 0 aliphatic heterocycles. The van der Waals surface area contributed by atoms with Gasteiger partial charge in [-0.25, -0.2) is 0 Å². The predicted octanol–water partition coefficient (Wildman–Crippen LogP) is 6.85. The number of fused-ring (bicyclic) bond motifs is 1. The molecular formula is C21H28S. The highest BCUT2D eigenvalue weighted by atomic mass is 32.2. The molecule has 0 radical (unpaired) electrons. The van der Waals surface area contributed by atoms with Crippen molar-refractivity contribution in [3.05, 3.63) is 53.5 Å². The minimum Gasteiger partial charge on any atom is -0.0981 e. The van der Waals surface area contributed by atoms with Gasteiger partial charge in [-0.2, -0.15) is 0 Å². The van der Waals surface area contributed by atoms with Crippen molar-refractivity contribution in [1.29, 1.82) is 0 Å². The largest absolute Gasteiger partial charge is 0.0981 e. The van der Waals surface area contributed by atoms with Gasteiger partial charge in [0.2, 0.25) is 0 Å². The van der Waals surface area contributed by atoms with E-state index in [9.17, 15) is 0 Å². The molecule has 2 aliphatic rings. The molecule has 1 aromatic carbocycles. The molecule has 2 atom stereocenters. The molecule has 0 amide bonds. The summed E-state index contributed by atoms with van der Waals surface area (Å²) in [6.07, 6.45) is 11.6. The highest BCUT2D eigenvalue weighted by Gasteiger charge is 2.48. The molecule has 0 bridgehead atoms. The second kappa shape index (κ2) is 6.28. The molecule has 1 aromatic rings. The van der Waals surface area contributed by atoms with Gasteiger partial charge in [-0.15, -0.1) is 0 Å². The van der Waals surface area contributed by atoms with Crippen LogP contribution in [0.2, 0.25) is 0 Å². The molecule has 0 N–H and O–H groups in total. The summed E-state index contributed by atoms with van der Waals surface area (Å²) in [5.41, 5.74) is 2.46. The SMILES string of the molecule is CC1(C)CCC[C@@]2(C)C(/C=C/Sc3ccccc3)=CCC[C@H]12. The lowest BCUT2D eigenvalue weighted by Crippen LogP contribution is -2.44. The first-order valence-corrected chi connectivity index (χ1v) is 9.49. The Kier molecular flexibility index (Phi) is 4.54. The van der Waals surface area contributed by atoms with Crippen molar-refractivity contribution in [2.45, 2.75) is 57.8 Å². The topological polar surface area (TPSA) is 0 Å². The number of thioether (sulfide) groups is 1. The van der Waals surface area contributed by atoms with Gasteiger partial charge in [0.1, 0.15) is 0 Å². The summed E-state index contributed by atoms with van der Waals surface area (Å²) in [6.45, 7) is 7.49. The highest BCUT2D eigenvalue weighted by Crippen LogP contribution is 2.58. The summed E-state index contributed by atoms with van der Waals surface area (Å²) < 4.78 is 0. The van der Waals surface area contributed by atoms with Gasteiger partial charge < -0.3 is 0 Å². The van der Waals surface area contributed by atoms with Crippen LogP contribution in [0, 0.1) is 16.7 Å². The normalized spacial score (nSPS) is 30.9. The van der Waals surface area contributed by atoms with Crippen molar-refractivity contribution < 1.29 is 0 Å². The number of hydrogen-bond donors (Lipinski definition) is 0. The van der Waals surface area contributed by atoms with Crippen LogP contribution >= 0.6 is 11.8 Å². The Morgan fingerprint density at radius 1 is 1.09 bits per heavy atom. The van der Waals surface area contributed by atoms with E-state index < -0.39 is 0 Å². The van der Waals surface area contributed by atoms with Gasteiger partial charge in [-0.05, 0) is 65.5 Å². The molecule has 118 valence electrons. The van der Waals surface area contributed by atoms with Gasteiger partial charge in [-0.1, -0.05) is 69.3 Å². The summed E-state index contributed by atoms with van der Waals surface area (Å²) in [5.74, 6) is 0.833. The highest BCUT2D eigenvalue weighted by molar-refractivity contribution is 8.02. The smallest absolute Gasteiger partial charge is 0.0116 e. The lowest BCUT2D eigenvalue weighted by Gasteiger charge is -2.53. The maximum Gasteiger partial charge on any atom is 0.0116 e. The minimum absolute atomic E-state index is 0.383. The van der Waals surface area contributed by atoms with E-state index in [1.54, 1.807) is 5.57 Å². The third-order valence-electron chi connectivity index (χ3n) is 5.90. The van der Waals surface area contributed by atoms with Crippen LogP contribution < -0.4 is 0 Å². The number of benzene rings is 1. The fourth-order valence-electron chi connectivity index (χ4n) is 4.76. The van der Waals surface area contributed by atoms with E-state index in [1.165, 1.54) is 37.0 Å². The molecule has 3 rings (SSSR count). The van der Waals surface area contributed by atoms with E-state index in [4.69, 9.17) is 0 Å². The summed E-state index contributed by atoms with van der Waals surface area (Å²) in [4.78, 5) is 1.32. The third-order valence-corrected chi connectivity index (χ3v) is 6.72. The molecule has 0 unspecified atom stereocenters. The van der Waals surface area contributed by atoms with E-state index in [0.717, 1.165) is 5.92 Å². The predicted molar refractivity (Wildman–Crippen MR) is 98.0 cm³/mol. The van der Waals surface area contributed by atoms with Gasteiger partial charge in [0.25, 0.3) is 0 Å². The van der Waals surface area contributed by atoms with Crippen LogP contribution in [-0.2, 0) is 0 Å². The molecule has 0 aromatic heterocycles. The van der Waals surface area contributed by atoms with Crippen LogP contribution in [-0.4, -0.2) is 0 Å². The number of allylic oxidation sites excluding steroid dienone is 3. The number of rotatable bonds is 3. The standard InChI is InChI=1S/C21H28S/c1-20(2)14-8-15-21(3)17(9-7-12-19(20)21)13-16-22-18-10-5-4-6-11-18/h4-6,9-11,13,16,19H,7-8,12,14-15H2,1-3H3/b16-13+/t19-,21+/m1/s1. The number of hydrogen-bond acceptors (Lipinski definition) is 1. The van der Waals surface area contributed by atoms with Gasteiger partial charge >= 0.3 is 0 Å². The Labute approximate surface area is 140 Å². The van der Waals surface area contributed by atoms with Gasteiger partial charge in [0.15, 0.2) is 0 Å². The molecule has 2 aliphatic carbocycles. The van der Waals surface area contributed by atoms with Gasteiger partial charge in [0, 0.05) is 4.90 Å². The Bertz CT molecular complexity index is 567. The first kappa shape index (κ1) is 15.9. The van der Waals surface area contributed by atoms with Crippen LogP contribution in [0.3, 0.4) is 0 Å². The van der Waals surface area contributed by atoms with Crippen LogP contribution in [0.25, 0.3) is 0 Å². The zero-order chi connectivity index (χ0) is 15.6. The quantitative estimate of drug-likeness (QED) is 0.550. The Hall–Kier alpha value is -0.950. The van der Waals surface area contributed by atoms with E-state index in [-0.39, 0.29) is 0 Å². The molecule has 0 spiro atoms. The maximum absolute atomic E-state index is 2.51. The maximum atomic E-state index is 2.51. The zero-order valence-corrected chi connectivity index (χ0v) is 15.0. The Morgan fingerprint density at radius 3 is 2.64 bits per heavy atom. The van der Waals surface area contributed by atoms with Gasteiger partial charge in [0.05, 0.1) is 0 Å². The first-order chi connectivity index (χ1) is 10.5. The first-order valence-electron chi connectivity index (χ1n) is 8.61. The lowest BCUT2D eigenvalue weighted by atomic mass is 9.51. The summed E-state index contributed by atoms with van der Waals surface area (Å²) in [6, 6.07) is 10.7. The third kappa shape index (κ3) is 3.06. The van der Waals surface area contributed by atoms with Crippen molar-refractivity contribution in [3.63, 3.8) is 0 Å². The molecular weight excluding hydrogens is 284 g/mol. The van der Waals surface area contributed by atoms with Crippen molar-refractivity contribution in [1.82, 2.24) is 0 Å². The second-order valence-electron chi connectivity index (χ2n) is 7.78. The lowest BCUT2D eigenvalue weighted by molar-refractivity contribution is 0.0173. The van der Waals surface area contributed by atoms with Crippen molar-refractivity contribution in [2.75, 3.05) is 0 Å².